The van der Waals surface area contributed by atoms with Crippen molar-refractivity contribution in [3.8, 4) is 0 Å². The molecule has 8 heteroatoms. The maximum absolute atomic E-state index is 13.1. The highest BCUT2D eigenvalue weighted by atomic mass is 79.9. The summed E-state index contributed by atoms with van der Waals surface area (Å²) in [5, 5.41) is 0. The molecular formula is C23H16Br2N2O2S2. The lowest BCUT2D eigenvalue weighted by molar-refractivity contribution is -0.123. The molecule has 4 atom stereocenters. The predicted octanol–water partition coefficient (Wildman–Crippen LogP) is 6.43. The molecule has 31 heavy (non-hydrogen) atoms. The van der Waals surface area contributed by atoms with Crippen molar-refractivity contribution < 1.29 is 9.59 Å². The van der Waals surface area contributed by atoms with Gasteiger partial charge in [-0.05, 0) is 54.2 Å². The molecule has 3 aliphatic rings. The zero-order valence-electron chi connectivity index (χ0n) is 16.1. The third kappa shape index (κ3) is 3.25. The molecule has 1 saturated carbocycles. The Bertz CT molecular complexity index is 1260. The van der Waals surface area contributed by atoms with Crippen molar-refractivity contribution in [3.05, 3.63) is 63.1 Å². The first-order valence-electron chi connectivity index (χ1n) is 10.0. The fraction of sp³-hybridized carbons (Fsp3) is 0.261. The summed E-state index contributed by atoms with van der Waals surface area (Å²) in [4.78, 5) is 32.3. The van der Waals surface area contributed by atoms with Crippen molar-refractivity contribution in [2.24, 2.45) is 23.7 Å². The molecule has 2 aliphatic carbocycles. The first kappa shape index (κ1) is 20.1. The van der Waals surface area contributed by atoms with Crippen LogP contribution in [0.4, 0.5) is 5.69 Å². The molecule has 1 saturated heterocycles. The molecule has 4 nitrogen and oxygen atoms in total. The van der Waals surface area contributed by atoms with Crippen molar-refractivity contribution in [2.45, 2.75) is 16.5 Å². The average molecular weight is 576 g/mol. The number of benzene rings is 2. The van der Waals surface area contributed by atoms with Gasteiger partial charge in [-0.2, -0.15) is 0 Å². The van der Waals surface area contributed by atoms with Gasteiger partial charge in [0, 0.05) is 14.7 Å². The summed E-state index contributed by atoms with van der Waals surface area (Å²) >= 11 is 10.4. The van der Waals surface area contributed by atoms with Crippen molar-refractivity contribution in [2.75, 3.05) is 4.90 Å². The van der Waals surface area contributed by atoms with Gasteiger partial charge in [0.25, 0.3) is 0 Å². The smallest absolute Gasteiger partial charge is 0.238 e. The molecule has 2 amide bonds. The Morgan fingerprint density at radius 1 is 1.03 bits per heavy atom. The summed E-state index contributed by atoms with van der Waals surface area (Å²) < 4.78 is 4.08. The molecular weight excluding hydrogens is 560 g/mol. The Hall–Kier alpha value is -1.48. The van der Waals surface area contributed by atoms with E-state index in [1.807, 2.05) is 30.3 Å². The van der Waals surface area contributed by atoms with Crippen LogP contribution in [0.25, 0.3) is 10.2 Å². The van der Waals surface area contributed by atoms with Crippen LogP contribution in [-0.2, 0) is 15.3 Å². The first-order valence-corrected chi connectivity index (χ1v) is 13.4. The lowest BCUT2D eigenvalue weighted by atomic mass is 9.85. The van der Waals surface area contributed by atoms with Crippen molar-refractivity contribution in [3.63, 3.8) is 0 Å². The number of thioether (sulfide) groups is 1. The van der Waals surface area contributed by atoms with E-state index in [2.05, 4.69) is 50.1 Å². The minimum Gasteiger partial charge on any atom is -0.274 e. The second-order valence-electron chi connectivity index (χ2n) is 8.17. The Labute approximate surface area is 204 Å². The molecule has 0 spiro atoms. The second kappa shape index (κ2) is 7.54. The second-order valence-corrected chi connectivity index (χ2v) is 12.2. The Morgan fingerprint density at radius 2 is 1.77 bits per heavy atom. The minimum absolute atomic E-state index is 0.0367. The van der Waals surface area contributed by atoms with Crippen LogP contribution in [0.5, 0.6) is 0 Å². The van der Waals surface area contributed by atoms with Gasteiger partial charge >= 0.3 is 0 Å². The molecule has 0 radical (unpaired) electrons. The van der Waals surface area contributed by atoms with Crippen molar-refractivity contribution in [1.82, 2.24) is 4.98 Å². The Balaban J connectivity index is 1.25. The largest absolute Gasteiger partial charge is 0.274 e. The van der Waals surface area contributed by atoms with Crippen LogP contribution < -0.4 is 4.90 Å². The van der Waals surface area contributed by atoms with E-state index in [4.69, 9.17) is 4.98 Å². The van der Waals surface area contributed by atoms with Gasteiger partial charge in [-0.25, -0.2) is 9.88 Å². The molecule has 3 aromatic rings. The standard InChI is InChI=1S/C23H16Br2N2O2S2/c24-14-4-3-13(16(25)8-14)10-30-23-26-17-6-5-15(9-18(17)31-23)27-21(28)19-11-1-2-12(7-11)20(19)22(27)29/h1-6,8-9,11-12,19-20H,7,10H2/t11-,12-,19-,20+/m0/s1. The maximum Gasteiger partial charge on any atom is 0.238 e. The summed E-state index contributed by atoms with van der Waals surface area (Å²) in [6.07, 6.45) is 5.20. The van der Waals surface area contributed by atoms with E-state index in [0.717, 1.165) is 35.7 Å². The normalized spacial score (nSPS) is 26.5. The number of allylic oxidation sites excluding steroid dienone is 2. The van der Waals surface area contributed by atoms with Crippen LogP contribution in [0.3, 0.4) is 0 Å². The number of halogens is 2. The Morgan fingerprint density at radius 3 is 2.48 bits per heavy atom. The van der Waals surface area contributed by atoms with Crippen LogP contribution in [0.15, 0.2) is 61.8 Å². The van der Waals surface area contributed by atoms with Crippen LogP contribution in [0, 0.1) is 23.7 Å². The number of hydrogen-bond acceptors (Lipinski definition) is 5. The van der Waals surface area contributed by atoms with Crippen LogP contribution >= 0.6 is 55.0 Å². The van der Waals surface area contributed by atoms with E-state index < -0.39 is 0 Å². The number of fused-ring (bicyclic) bond motifs is 6. The highest BCUT2D eigenvalue weighted by Gasteiger charge is 2.59. The van der Waals surface area contributed by atoms with E-state index in [-0.39, 0.29) is 35.5 Å². The SMILES string of the molecule is O=C1[C@@H]2[C@H](C(=O)N1c1ccc3nc(SCc4ccc(Br)cc4Br)sc3c1)[C@H]1C=C[C@H]2C1. The Kier molecular flexibility index (Phi) is 4.90. The highest BCUT2D eigenvalue weighted by Crippen LogP contribution is 2.53. The number of carbonyl (C=O) groups excluding carboxylic acids is 2. The van der Waals surface area contributed by atoms with E-state index in [1.165, 1.54) is 10.5 Å². The van der Waals surface area contributed by atoms with E-state index in [0.29, 0.717) is 5.69 Å². The quantitative estimate of drug-likeness (QED) is 0.204. The van der Waals surface area contributed by atoms with E-state index in [1.54, 1.807) is 23.1 Å². The molecule has 1 aliphatic heterocycles. The number of rotatable bonds is 4. The molecule has 2 aromatic carbocycles. The van der Waals surface area contributed by atoms with Crippen LogP contribution in [0.1, 0.15) is 12.0 Å². The number of imide groups is 1. The van der Waals surface area contributed by atoms with Gasteiger partial charge in [0.2, 0.25) is 11.8 Å². The van der Waals surface area contributed by atoms with Crippen LogP contribution in [0.2, 0.25) is 0 Å². The monoisotopic (exact) mass is 574 g/mol. The van der Waals surface area contributed by atoms with Crippen molar-refractivity contribution >= 4 is 82.7 Å². The minimum atomic E-state index is -0.171. The summed E-state index contributed by atoms with van der Waals surface area (Å²) in [6, 6.07) is 11.9. The zero-order valence-corrected chi connectivity index (χ0v) is 20.9. The van der Waals surface area contributed by atoms with Gasteiger partial charge in [-0.1, -0.05) is 61.8 Å². The summed E-state index contributed by atoms with van der Waals surface area (Å²) in [5.74, 6) is 0.845. The number of aromatic nitrogens is 1. The third-order valence-corrected chi connectivity index (χ3v) is 9.89. The molecule has 2 fully saturated rings. The van der Waals surface area contributed by atoms with Gasteiger partial charge in [-0.3, -0.25) is 9.59 Å². The predicted molar refractivity (Wildman–Crippen MR) is 131 cm³/mol. The molecule has 0 N–H and O–H groups in total. The topological polar surface area (TPSA) is 50.3 Å². The molecule has 2 bridgehead atoms. The molecule has 1 aromatic heterocycles. The number of nitrogens with zero attached hydrogens (tertiary/aromatic N) is 2. The van der Waals surface area contributed by atoms with Gasteiger partial charge in [0.15, 0.2) is 4.34 Å². The highest BCUT2D eigenvalue weighted by molar-refractivity contribution is 9.11. The van der Waals surface area contributed by atoms with E-state index in [9.17, 15) is 9.59 Å². The zero-order chi connectivity index (χ0) is 21.3. The number of anilines is 1. The number of carbonyl (C=O) groups is 2. The van der Waals surface area contributed by atoms with Gasteiger partial charge in [0.05, 0.1) is 27.7 Å². The van der Waals surface area contributed by atoms with E-state index >= 15 is 0 Å². The number of hydrogen-bond donors (Lipinski definition) is 0. The maximum atomic E-state index is 13.1. The summed E-state index contributed by atoms with van der Waals surface area (Å²) in [6.45, 7) is 0. The lowest BCUT2D eigenvalue weighted by Gasteiger charge is -2.17. The van der Waals surface area contributed by atoms with Gasteiger partial charge in [0.1, 0.15) is 0 Å². The number of amides is 2. The van der Waals surface area contributed by atoms with Gasteiger partial charge in [-0.15, -0.1) is 11.3 Å². The van der Waals surface area contributed by atoms with Crippen molar-refractivity contribution in [1.29, 1.82) is 0 Å². The average Bonchev–Trinajstić information content (AvgIpc) is 3.50. The first-order chi connectivity index (χ1) is 15.0. The third-order valence-electron chi connectivity index (χ3n) is 6.45. The molecule has 0 unspecified atom stereocenters. The fourth-order valence-electron chi connectivity index (χ4n) is 5.03. The lowest BCUT2D eigenvalue weighted by Crippen LogP contribution is -2.32. The summed E-state index contributed by atoms with van der Waals surface area (Å²) in [5.41, 5.74) is 2.77. The molecule has 2 heterocycles. The van der Waals surface area contributed by atoms with Gasteiger partial charge < -0.3 is 0 Å². The molecule has 156 valence electrons. The van der Waals surface area contributed by atoms with Crippen LogP contribution in [-0.4, -0.2) is 16.8 Å². The fourth-order valence-corrected chi connectivity index (χ4v) is 8.51. The molecule has 6 rings (SSSR count). The number of thiazole rings is 1. The summed E-state index contributed by atoms with van der Waals surface area (Å²) in [7, 11) is 0.